The molecule has 0 aliphatic carbocycles. The summed E-state index contributed by atoms with van der Waals surface area (Å²) in [7, 11) is 0. The molecule has 2 aromatic rings. The Bertz CT molecular complexity index is 600. The molecule has 1 heterocycles. The monoisotopic (exact) mass is 358 g/mol. The van der Waals surface area contributed by atoms with Gasteiger partial charge in [0.2, 0.25) is 0 Å². The van der Waals surface area contributed by atoms with E-state index in [4.69, 9.17) is 23.2 Å². The lowest BCUT2D eigenvalue weighted by molar-refractivity contribution is 0.634. The van der Waals surface area contributed by atoms with E-state index in [0.29, 0.717) is 21.9 Å². The van der Waals surface area contributed by atoms with E-state index in [0.717, 1.165) is 22.2 Å². The lowest BCUT2D eigenvalue weighted by atomic mass is 10.1. The molecule has 0 unspecified atom stereocenters. The van der Waals surface area contributed by atoms with Crippen molar-refractivity contribution in [1.82, 2.24) is 9.97 Å². The number of rotatable bonds is 3. The maximum Gasteiger partial charge on any atom is 0.162 e. The molecule has 19 heavy (non-hydrogen) atoms. The lowest BCUT2D eigenvalue weighted by Gasteiger charge is -2.08. The minimum Gasteiger partial charge on any atom is -0.233 e. The van der Waals surface area contributed by atoms with Crippen molar-refractivity contribution in [2.24, 2.45) is 5.92 Å². The van der Waals surface area contributed by atoms with Crippen molar-refractivity contribution in [1.29, 1.82) is 0 Å². The Balaban J connectivity index is 2.46. The van der Waals surface area contributed by atoms with Crippen LogP contribution in [0.3, 0.4) is 0 Å². The molecule has 2 nitrogen and oxygen atoms in total. The van der Waals surface area contributed by atoms with Gasteiger partial charge < -0.3 is 0 Å². The highest BCUT2D eigenvalue weighted by Gasteiger charge is 2.10. The summed E-state index contributed by atoms with van der Waals surface area (Å²) in [6.07, 6.45) is 0.864. The summed E-state index contributed by atoms with van der Waals surface area (Å²) in [6, 6.07) is 7.42. The first-order valence-corrected chi connectivity index (χ1v) is 7.49. The van der Waals surface area contributed by atoms with E-state index in [1.54, 1.807) is 6.07 Å². The third-order valence-corrected chi connectivity index (χ3v) is 3.54. The van der Waals surface area contributed by atoms with Crippen molar-refractivity contribution in [3.8, 4) is 11.4 Å². The largest absolute Gasteiger partial charge is 0.233 e. The van der Waals surface area contributed by atoms with Crippen LogP contribution in [0.15, 0.2) is 28.7 Å². The van der Waals surface area contributed by atoms with Gasteiger partial charge in [-0.15, -0.1) is 0 Å². The van der Waals surface area contributed by atoms with Crippen LogP contribution in [-0.4, -0.2) is 9.97 Å². The number of aromatic nitrogens is 2. The lowest BCUT2D eigenvalue weighted by Crippen LogP contribution is -2.01. The summed E-state index contributed by atoms with van der Waals surface area (Å²) in [4.78, 5) is 8.80. The van der Waals surface area contributed by atoms with E-state index in [-0.39, 0.29) is 0 Å². The molecule has 2 rings (SSSR count). The molecule has 0 spiro atoms. The molecule has 1 aromatic heterocycles. The van der Waals surface area contributed by atoms with Crippen molar-refractivity contribution in [3.05, 3.63) is 44.6 Å². The Morgan fingerprint density at radius 3 is 2.53 bits per heavy atom. The van der Waals surface area contributed by atoms with Crippen molar-refractivity contribution in [3.63, 3.8) is 0 Å². The fourth-order valence-corrected chi connectivity index (χ4v) is 2.74. The fourth-order valence-electron chi connectivity index (χ4n) is 1.78. The van der Waals surface area contributed by atoms with E-state index in [1.807, 2.05) is 18.2 Å². The van der Waals surface area contributed by atoms with Crippen LogP contribution in [0.4, 0.5) is 0 Å². The van der Waals surface area contributed by atoms with Crippen LogP contribution in [0.2, 0.25) is 10.2 Å². The predicted molar refractivity (Wildman–Crippen MR) is 83.7 cm³/mol. The van der Waals surface area contributed by atoms with Crippen molar-refractivity contribution >= 4 is 39.1 Å². The van der Waals surface area contributed by atoms with Gasteiger partial charge in [-0.2, -0.15) is 0 Å². The predicted octanol–water partition coefficient (Wildman–Crippen LogP) is 5.41. The summed E-state index contributed by atoms with van der Waals surface area (Å²) in [5.41, 5.74) is 1.72. The Hall–Kier alpha value is -0.640. The maximum atomic E-state index is 6.22. The van der Waals surface area contributed by atoms with E-state index in [2.05, 4.69) is 39.7 Å². The second-order valence-electron chi connectivity index (χ2n) is 4.73. The zero-order valence-electron chi connectivity index (χ0n) is 10.6. The van der Waals surface area contributed by atoms with E-state index >= 15 is 0 Å². The molecule has 0 fully saturated rings. The highest BCUT2D eigenvalue weighted by atomic mass is 79.9. The van der Waals surface area contributed by atoms with Crippen molar-refractivity contribution in [2.45, 2.75) is 20.3 Å². The van der Waals surface area contributed by atoms with E-state index < -0.39 is 0 Å². The van der Waals surface area contributed by atoms with Gasteiger partial charge in [-0.25, -0.2) is 9.97 Å². The van der Waals surface area contributed by atoms with Gasteiger partial charge in [0.05, 0.1) is 5.02 Å². The molecular weight excluding hydrogens is 347 g/mol. The zero-order chi connectivity index (χ0) is 14.0. The second kappa shape index (κ2) is 6.21. The smallest absolute Gasteiger partial charge is 0.162 e. The molecule has 1 aromatic carbocycles. The topological polar surface area (TPSA) is 25.8 Å². The minimum atomic E-state index is 0.444. The Labute approximate surface area is 131 Å². The normalized spacial score (nSPS) is 11.1. The molecule has 0 aliphatic heterocycles. The summed E-state index contributed by atoms with van der Waals surface area (Å²) in [5, 5.41) is 1.05. The molecule has 5 heteroatoms. The van der Waals surface area contributed by atoms with Crippen molar-refractivity contribution < 1.29 is 0 Å². The third-order valence-electron chi connectivity index (χ3n) is 2.54. The molecule has 100 valence electrons. The summed E-state index contributed by atoms with van der Waals surface area (Å²) < 4.78 is 0.922. The van der Waals surface area contributed by atoms with Crippen LogP contribution in [0.5, 0.6) is 0 Å². The van der Waals surface area contributed by atoms with Crippen LogP contribution in [0, 0.1) is 5.92 Å². The first kappa shape index (κ1) is 14.8. The molecule has 0 atom stereocenters. The minimum absolute atomic E-state index is 0.444. The number of hydrogen-bond acceptors (Lipinski definition) is 2. The van der Waals surface area contributed by atoms with E-state index in [1.165, 1.54) is 0 Å². The van der Waals surface area contributed by atoms with Crippen LogP contribution < -0.4 is 0 Å². The highest BCUT2D eigenvalue weighted by molar-refractivity contribution is 9.10. The van der Waals surface area contributed by atoms with Crippen LogP contribution in [0.1, 0.15) is 19.5 Å². The SMILES string of the molecule is CC(C)Cc1cc(Cl)nc(-c2ccc(Br)cc2Cl)n1. The molecule has 0 saturated carbocycles. The third kappa shape index (κ3) is 3.91. The van der Waals surface area contributed by atoms with Gasteiger partial charge in [0.1, 0.15) is 5.15 Å². The summed E-state index contributed by atoms with van der Waals surface area (Å²) >= 11 is 15.7. The van der Waals surface area contributed by atoms with Gasteiger partial charge in [0, 0.05) is 15.7 Å². The Morgan fingerprint density at radius 2 is 1.89 bits per heavy atom. The molecule has 0 saturated heterocycles. The van der Waals surface area contributed by atoms with Crippen LogP contribution in [-0.2, 0) is 6.42 Å². The van der Waals surface area contributed by atoms with Gasteiger partial charge in [0.25, 0.3) is 0 Å². The van der Waals surface area contributed by atoms with Crippen LogP contribution >= 0.6 is 39.1 Å². The summed E-state index contributed by atoms with van der Waals surface area (Å²) in [6.45, 7) is 4.28. The number of benzene rings is 1. The average Bonchev–Trinajstić information content (AvgIpc) is 2.26. The zero-order valence-corrected chi connectivity index (χ0v) is 13.7. The number of hydrogen-bond donors (Lipinski definition) is 0. The van der Waals surface area contributed by atoms with Gasteiger partial charge in [-0.1, -0.05) is 53.0 Å². The quantitative estimate of drug-likeness (QED) is 0.684. The molecule has 0 radical (unpaired) electrons. The molecular formula is C14H13BrCl2N2. The summed E-state index contributed by atoms with van der Waals surface area (Å²) in [5.74, 6) is 1.08. The first-order valence-electron chi connectivity index (χ1n) is 5.94. The first-order chi connectivity index (χ1) is 8.95. The average molecular weight is 360 g/mol. The standard InChI is InChI=1S/C14H13BrCl2N2/c1-8(2)5-10-7-13(17)19-14(18-10)11-4-3-9(15)6-12(11)16/h3-4,6-8H,5H2,1-2H3. The van der Waals surface area contributed by atoms with E-state index in [9.17, 15) is 0 Å². The molecule has 0 N–H and O–H groups in total. The Morgan fingerprint density at radius 1 is 1.16 bits per heavy atom. The van der Waals surface area contributed by atoms with Gasteiger partial charge in [-0.3, -0.25) is 0 Å². The van der Waals surface area contributed by atoms with Crippen molar-refractivity contribution in [2.75, 3.05) is 0 Å². The number of halogens is 3. The van der Waals surface area contributed by atoms with Crippen LogP contribution in [0.25, 0.3) is 11.4 Å². The number of nitrogens with zero attached hydrogens (tertiary/aromatic N) is 2. The molecule has 0 aliphatic rings. The molecule has 0 amide bonds. The van der Waals surface area contributed by atoms with Gasteiger partial charge in [-0.05, 0) is 36.6 Å². The highest BCUT2D eigenvalue weighted by Crippen LogP contribution is 2.29. The van der Waals surface area contributed by atoms with Gasteiger partial charge in [0.15, 0.2) is 5.82 Å². The van der Waals surface area contributed by atoms with Gasteiger partial charge >= 0.3 is 0 Å². The maximum absolute atomic E-state index is 6.22. The second-order valence-corrected chi connectivity index (χ2v) is 6.44. The molecule has 0 bridgehead atoms. The Kier molecular flexibility index (Phi) is 4.82. The fraction of sp³-hybridized carbons (Fsp3) is 0.286.